The molecule has 1 aliphatic carbocycles. The summed E-state index contributed by atoms with van der Waals surface area (Å²) in [7, 11) is 0. The molecular weight excluding hydrogens is 274 g/mol. The van der Waals surface area contributed by atoms with Gasteiger partial charge in [-0.15, -0.1) is 0 Å². The van der Waals surface area contributed by atoms with Gasteiger partial charge in [-0.25, -0.2) is 0 Å². The summed E-state index contributed by atoms with van der Waals surface area (Å²) in [6.45, 7) is 0. The van der Waals surface area contributed by atoms with E-state index in [0.29, 0.717) is 12.0 Å². The quantitative estimate of drug-likeness (QED) is 0.510. The van der Waals surface area contributed by atoms with Crippen LogP contribution in [-0.2, 0) is 4.79 Å². The molecule has 0 spiro atoms. The summed E-state index contributed by atoms with van der Waals surface area (Å²) in [6, 6.07) is 5.45. The number of hydrogen-bond donors (Lipinski definition) is 1. The standard InChI is InChI=1S/C15H17NO5/c17-14(10-5-7-12(8-6-10)16(20)21)9-11-3-1-2-4-13(11)15(18)19/h5-8,11,13H,1-4,9H2,(H,18,19)/t11-,13+/m1/s1. The van der Waals surface area contributed by atoms with Gasteiger partial charge in [-0.2, -0.15) is 0 Å². The molecule has 0 aliphatic heterocycles. The maximum absolute atomic E-state index is 12.2. The molecule has 2 rings (SSSR count). The summed E-state index contributed by atoms with van der Waals surface area (Å²) in [5.74, 6) is -1.58. The van der Waals surface area contributed by atoms with E-state index in [1.54, 1.807) is 0 Å². The first-order valence-corrected chi connectivity index (χ1v) is 6.99. The second kappa shape index (κ2) is 6.47. The molecule has 0 unspecified atom stereocenters. The first-order chi connectivity index (χ1) is 9.99. The number of nitro groups is 1. The number of carbonyl (C=O) groups is 2. The lowest BCUT2D eigenvalue weighted by Gasteiger charge is -2.27. The highest BCUT2D eigenvalue weighted by atomic mass is 16.6. The number of carboxylic acid groups (broad SMARTS) is 1. The Morgan fingerprint density at radius 2 is 1.81 bits per heavy atom. The molecule has 1 fully saturated rings. The molecule has 1 aromatic rings. The van der Waals surface area contributed by atoms with Gasteiger partial charge in [-0.05, 0) is 30.9 Å². The lowest BCUT2D eigenvalue weighted by atomic mass is 9.76. The highest BCUT2D eigenvalue weighted by Gasteiger charge is 2.32. The zero-order chi connectivity index (χ0) is 15.4. The Kier molecular flexibility index (Phi) is 4.67. The fourth-order valence-electron chi connectivity index (χ4n) is 2.90. The lowest BCUT2D eigenvalue weighted by molar-refractivity contribution is -0.384. The third-order valence-electron chi connectivity index (χ3n) is 4.07. The predicted molar refractivity (Wildman–Crippen MR) is 75.1 cm³/mol. The number of carbonyl (C=O) groups excluding carboxylic acids is 1. The van der Waals surface area contributed by atoms with E-state index in [-0.39, 0.29) is 23.8 Å². The number of carboxylic acids is 1. The third-order valence-corrected chi connectivity index (χ3v) is 4.07. The van der Waals surface area contributed by atoms with Crippen LogP contribution < -0.4 is 0 Å². The molecule has 0 aromatic heterocycles. The van der Waals surface area contributed by atoms with Crippen molar-refractivity contribution in [2.75, 3.05) is 0 Å². The van der Waals surface area contributed by atoms with Crippen LogP contribution in [-0.4, -0.2) is 21.8 Å². The largest absolute Gasteiger partial charge is 0.481 e. The molecule has 0 heterocycles. The maximum Gasteiger partial charge on any atom is 0.306 e. The monoisotopic (exact) mass is 291 g/mol. The Balaban J connectivity index is 2.06. The molecule has 21 heavy (non-hydrogen) atoms. The van der Waals surface area contributed by atoms with Gasteiger partial charge in [-0.3, -0.25) is 19.7 Å². The normalized spacial score (nSPS) is 21.7. The fourth-order valence-corrected chi connectivity index (χ4v) is 2.90. The predicted octanol–water partition coefficient (Wildman–Crippen LogP) is 3.06. The van der Waals surface area contributed by atoms with Gasteiger partial charge in [0.2, 0.25) is 0 Å². The molecule has 6 nitrogen and oxygen atoms in total. The van der Waals surface area contributed by atoms with Crippen molar-refractivity contribution in [1.29, 1.82) is 0 Å². The van der Waals surface area contributed by atoms with E-state index < -0.39 is 16.8 Å². The van der Waals surface area contributed by atoms with Gasteiger partial charge >= 0.3 is 5.97 Å². The van der Waals surface area contributed by atoms with Crippen LogP contribution in [0.5, 0.6) is 0 Å². The Morgan fingerprint density at radius 3 is 2.38 bits per heavy atom. The Hall–Kier alpha value is -2.24. The summed E-state index contributed by atoms with van der Waals surface area (Å²) >= 11 is 0. The number of rotatable bonds is 5. The van der Waals surface area contributed by atoms with Crippen LogP contribution in [0.4, 0.5) is 5.69 Å². The van der Waals surface area contributed by atoms with Gasteiger partial charge in [0.15, 0.2) is 5.78 Å². The van der Waals surface area contributed by atoms with Crippen molar-refractivity contribution in [3.05, 3.63) is 39.9 Å². The summed E-state index contributed by atoms with van der Waals surface area (Å²) < 4.78 is 0. The number of non-ortho nitro benzene ring substituents is 1. The van der Waals surface area contributed by atoms with Crippen molar-refractivity contribution < 1.29 is 19.6 Å². The number of benzene rings is 1. The van der Waals surface area contributed by atoms with Gasteiger partial charge in [-0.1, -0.05) is 12.8 Å². The molecule has 6 heteroatoms. The van der Waals surface area contributed by atoms with Crippen LogP contribution in [0.1, 0.15) is 42.5 Å². The number of nitro benzene ring substituents is 1. The molecule has 0 radical (unpaired) electrons. The molecule has 1 aliphatic rings. The number of nitrogens with zero attached hydrogens (tertiary/aromatic N) is 1. The lowest BCUT2D eigenvalue weighted by Crippen LogP contribution is -2.28. The Labute approximate surface area is 121 Å². The second-order valence-corrected chi connectivity index (χ2v) is 5.42. The van der Waals surface area contributed by atoms with Crippen LogP contribution in [0.3, 0.4) is 0 Å². The van der Waals surface area contributed by atoms with Gasteiger partial charge in [0.25, 0.3) is 5.69 Å². The minimum absolute atomic E-state index is 0.0624. The van der Waals surface area contributed by atoms with Gasteiger partial charge < -0.3 is 5.11 Å². The number of hydrogen-bond acceptors (Lipinski definition) is 4. The first-order valence-electron chi connectivity index (χ1n) is 6.99. The number of Topliss-reactive ketones (excluding diaryl/α,β-unsaturated/α-hetero) is 1. The van der Waals surface area contributed by atoms with E-state index in [2.05, 4.69) is 0 Å². The second-order valence-electron chi connectivity index (χ2n) is 5.42. The molecule has 1 aromatic carbocycles. The smallest absolute Gasteiger partial charge is 0.306 e. The molecule has 2 atom stereocenters. The summed E-state index contributed by atoms with van der Waals surface area (Å²) in [6.07, 6.45) is 3.39. The van der Waals surface area contributed by atoms with Gasteiger partial charge in [0, 0.05) is 24.1 Å². The van der Waals surface area contributed by atoms with Crippen molar-refractivity contribution in [3.8, 4) is 0 Å². The molecule has 0 amide bonds. The van der Waals surface area contributed by atoms with Crippen LogP contribution in [0.15, 0.2) is 24.3 Å². The molecule has 0 saturated heterocycles. The maximum atomic E-state index is 12.2. The van der Waals surface area contributed by atoms with Crippen molar-refractivity contribution in [2.45, 2.75) is 32.1 Å². The Morgan fingerprint density at radius 1 is 1.19 bits per heavy atom. The third kappa shape index (κ3) is 3.65. The van der Waals surface area contributed by atoms with E-state index in [9.17, 15) is 24.8 Å². The van der Waals surface area contributed by atoms with E-state index in [1.165, 1.54) is 24.3 Å². The van der Waals surface area contributed by atoms with Crippen molar-refractivity contribution in [3.63, 3.8) is 0 Å². The van der Waals surface area contributed by atoms with E-state index in [1.807, 2.05) is 0 Å². The summed E-state index contributed by atoms with van der Waals surface area (Å²) in [5, 5.41) is 19.8. The summed E-state index contributed by atoms with van der Waals surface area (Å²) in [4.78, 5) is 33.5. The van der Waals surface area contributed by atoms with Gasteiger partial charge in [0.05, 0.1) is 10.8 Å². The van der Waals surface area contributed by atoms with Gasteiger partial charge in [0.1, 0.15) is 0 Å². The molecule has 0 bridgehead atoms. The number of aliphatic carboxylic acids is 1. The van der Waals surface area contributed by atoms with E-state index >= 15 is 0 Å². The van der Waals surface area contributed by atoms with Crippen LogP contribution in [0.25, 0.3) is 0 Å². The highest BCUT2D eigenvalue weighted by molar-refractivity contribution is 5.96. The average molecular weight is 291 g/mol. The molecular formula is C15H17NO5. The van der Waals surface area contributed by atoms with Crippen LogP contribution in [0, 0.1) is 22.0 Å². The fraction of sp³-hybridized carbons (Fsp3) is 0.467. The molecule has 1 saturated carbocycles. The highest BCUT2D eigenvalue weighted by Crippen LogP contribution is 2.33. The topological polar surface area (TPSA) is 97.5 Å². The molecule has 1 N–H and O–H groups in total. The zero-order valence-corrected chi connectivity index (χ0v) is 11.5. The van der Waals surface area contributed by atoms with Crippen molar-refractivity contribution in [1.82, 2.24) is 0 Å². The van der Waals surface area contributed by atoms with Crippen molar-refractivity contribution in [2.24, 2.45) is 11.8 Å². The minimum atomic E-state index is -0.837. The number of ketones is 1. The zero-order valence-electron chi connectivity index (χ0n) is 11.5. The SMILES string of the molecule is O=C(C[C@H]1CCCC[C@@H]1C(=O)O)c1ccc([N+](=O)[O-])cc1. The van der Waals surface area contributed by atoms with E-state index in [4.69, 9.17) is 0 Å². The first kappa shape index (κ1) is 15.2. The minimum Gasteiger partial charge on any atom is -0.481 e. The van der Waals surface area contributed by atoms with E-state index in [0.717, 1.165) is 19.3 Å². The van der Waals surface area contributed by atoms with Crippen LogP contribution in [0.2, 0.25) is 0 Å². The van der Waals surface area contributed by atoms with Crippen LogP contribution >= 0.6 is 0 Å². The average Bonchev–Trinajstić information content (AvgIpc) is 2.47. The Bertz CT molecular complexity index is 552. The van der Waals surface area contributed by atoms with Crippen molar-refractivity contribution >= 4 is 17.4 Å². The summed E-state index contributed by atoms with van der Waals surface area (Å²) in [5.41, 5.74) is 0.336. The molecule has 112 valence electrons.